The summed E-state index contributed by atoms with van der Waals surface area (Å²) >= 11 is 0. The number of amides is 1. The number of rotatable bonds is 2. The van der Waals surface area contributed by atoms with Crippen molar-refractivity contribution in [1.82, 2.24) is 5.16 Å². The highest BCUT2D eigenvalue weighted by atomic mass is 16.5. The average Bonchev–Trinajstić information content (AvgIpc) is 2.71. The fourth-order valence-corrected chi connectivity index (χ4v) is 1.47. The third-order valence-corrected chi connectivity index (χ3v) is 2.55. The standard InChI is InChI=1S/C12H12N2O3/c1-7-10(4-3-5-11(7)15)14-12(16)9-6-13-17-8(9)2/h3-6,15H,1-2H3,(H,14,16). The predicted molar refractivity (Wildman–Crippen MR) is 62.0 cm³/mol. The number of hydrogen-bond acceptors (Lipinski definition) is 4. The summed E-state index contributed by atoms with van der Waals surface area (Å²) in [6, 6.07) is 4.95. The van der Waals surface area contributed by atoms with E-state index in [1.54, 1.807) is 32.0 Å². The molecular formula is C12H12N2O3. The number of nitrogens with one attached hydrogen (secondary N) is 1. The molecule has 1 amide bonds. The van der Waals surface area contributed by atoms with E-state index in [1.165, 1.54) is 6.20 Å². The first-order chi connectivity index (χ1) is 8.09. The van der Waals surface area contributed by atoms with Gasteiger partial charge in [-0.3, -0.25) is 4.79 Å². The topological polar surface area (TPSA) is 75.4 Å². The van der Waals surface area contributed by atoms with Gasteiger partial charge in [0.15, 0.2) is 0 Å². The predicted octanol–water partition coefficient (Wildman–Crippen LogP) is 2.25. The number of aromatic hydroxyl groups is 1. The highest BCUT2D eigenvalue weighted by molar-refractivity contribution is 6.05. The molecule has 5 heteroatoms. The van der Waals surface area contributed by atoms with E-state index in [9.17, 15) is 9.90 Å². The molecule has 0 atom stereocenters. The third kappa shape index (κ3) is 2.13. The molecule has 0 bridgehead atoms. The van der Waals surface area contributed by atoms with Crippen LogP contribution in [0.25, 0.3) is 0 Å². The van der Waals surface area contributed by atoms with Crippen LogP contribution in [0.1, 0.15) is 21.7 Å². The van der Waals surface area contributed by atoms with Crippen LogP contribution < -0.4 is 5.32 Å². The zero-order valence-electron chi connectivity index (χ0n) is 9.52. The van der Waals surface area contributed by atoms with Gasteiger partial charge in [-0.15, -0.1) is 0 Å². The van der Waals surface area contributed by atoms with Crippen molar-refractivity contribution in [1.29, 1.82) is 0 Å². The Morgan fingerprint density at radius 2 is 2.18 bits per heavy atom. The van der Waals surface area contributed by atoms with Crippen molar-refractivity contribution in [2.24, 2.45) is 0 Å². The largest absolute Gasteiger partial charge is 0.508 e. The van der Waals surface area contributed by atoms with E-state index >= 15 is 0 Å². The smallest absolute Gasteiger partial charge is 0.260 e. The van der Waals surface area contributed by atoms with Crippen molar-refractivity contribution in [3.05, 3.63) is 41.3 Å². The zero-order valence-corrected chi connectivity index (χ0v) is 9.52. The highest BCUT2D eigenvalue weighted by Gasteiger charge is 2.14. The Kier molecular flexibility index (Phi) is 2.82. The number of nitrogens with zero attached hydrogens (tertiary/aromatic N) is 1. The molecule has 0 unspecified atom stereocenters. The molecular weight excluding hydrogens is 220 g/mol. The van der Waals surface area contributed by atoms with Gasteiger partial charge in [-0.2, -0.15) is 0 Å². The summed E-state index contributed by atoms with van der Waals surface area (Å²) in [6.45, 7) is 3.39. The molecule has 0 spiro atoms. The highest BCUT2D eigenvalue weighted by Crippen LogP contribution is 2.24. The lowest BCUT2D eigenvalue weighted by molar-refractivity contribution is 0.102. The van der Waals surface area contributed by atoms with Crippen molar-refractivity contribution in [2.45, 2.75) is 13.8 Å². The molecule has 2 rings (SSSR count). The Labute approximate surface area is 98.1 Å². The maximum Gasteiger partial charge on any atom is 0.260 e. The molecule has 1 heterocycles. The van der Waals surface area contributed by atoms with Crippen molar-refractivity contribution >= 4 is 11.6 Å². The van der Waals surface area contributed by atoms with Gasteiger partial charge in [0.1, 0.15) is 17.1 Å². The van der Waals surface area contributed by atoms with E-state index in [0.717, 1.165) is 0 Å². The second-order valence-electron chi connectivity index (χ2n) is 3.70. The minimum absolute atomic E-state index is 0.143. The van der Waals surface area contributed by atoms with Crippen LogP contribution in [0.4, 0.5) is 5.69 Å². The molecule has 1 aromatic heterocycles. The summed E-state index contributed by atoms with van der Waals surface area (Å²) < 4.78 is 4.82. The fourth-order valence-electron chi connectivity index (χ4n) is 1.47. The molecule has 0 saturated heterocycles. The van der Waals surface area contributed by atoms with Crippen molar-refractivity contribution < 1.29 is 14.4 Å². The van der Waals surface area contributed by atoms with Crippen molar-refractivity contribution in [3.63, 3.8) is 0 Å². The van der Waals surface area contributed by atoms with E-state index in [-0.39, 0.29) is 11.7 Å². The summed E-state index contributed by atoms with van der Waals surface area (Å²) in [4.78, 5) is 11.9. The van der Waals surface area contributed by atoms with E-state index in [4.69, 9.17) is 4.52 Å². The number of hydrogen-bond donors (Lipinski definition) is 2. The van der Waals surface area contributed by atoms with Crippen LogP contribution in [-0.2, 0) is 0 Å². The minimum atomic E-state index is -0.308. The van der Waals surface area contributed by atoms with Crippen molar-refractivity contribution in [3.8, 4) is 5.75 Å². The molecule has 88 valence electrons. The molecule has 2 N–H and O–H groups in total. The number of phenolic OH excluding ortho intramolecular Hbond substituents is 1. The quantitative estimate of drug-likeness (QED) is 0.832. The van der Waals surface area contributed by atoms with E-state index in [2.05, 4.69) is 10.5 Å². The van der Waals surface area contributed by atoms with Crippen LogP contribution >= 0.6 is 0 Å². The van der Waals surface area contributed by atoms with E-state index in [1.807, 2.05) is 0 Å². The number of carbonyl (C=O) groups excluding carboxylic acids is 1. The van der Waals surface area contributed by atoms with E-state index < -0.39 is 0 Å². The monoisotopic (exact) mass is 232 g/mol. The van der Waals surface area contributed by atoms with Crippen LogP contribution in [0, 0.1) is 13.8 Å². The summed E-state index contributed by atoms with van der Waals surface area (Å²) in [7, 11) is 0. The molecule has 0 aliphatic rings. The van der Waals surface area contributed by atoms with Gasteiger partial charge < -0.3 is 14.9 Å². The molecule has 0 saturated carbocycles. The number of aromatic nitrogens is 1. The SMILES string of the molecule is Cc1oncc1C(=O)Nc1cccc(O)c1C. The minimum Gasteiger partial charge on any atom is -0.508 e. The summed E-state index contributed by atoms with van der Waals surface area (Å²) in [6.07, 6.45) is 1.36. The van der Waals surface area contributed by atoms with Crippen molar-refractivity contribution in [2.75, 3.05) is 5.32 Å². The molecule has 2 aromatic rings. The van der Waals surface area contributed by atoms with Crippen LogP contribution in [-0.4, -0.2) is 16.2 Å². The maximum atomic E-state index is 11.9. The second-order valence-corrected chi connectivity index (χ2v) is 3.70. The van der Waals surface area contributed by atoms with E-state index in [0.29, 0.717) is 22.6 Å². The molecule has 5 nitrogen and oxygen atoms in total. The van der Waals surface area contributed by atoms with Gasteiger partial charge in [0.2, 0.25) is 0 Å². The average molecular weight is 232 g/mol. The molecule has 0 aliphatic heterocycles. The second kappa shape index (κ2) is 4.29. The lowest BCUT2D eigenvalue weighted by Crippen LogP contribution is -2.12. The summed E-state index contributed by atoms with van der Waals surface area (Å²) in [5.41, 5.74) is 1.57. The first kappa shape index (κ1) is 11.2. The lowest BCUT2D eigenvalue weighted by atomic mass is 10.1. The van der Waals surface area contributed by atoms with Gasteiger partial charge in [-0.05, 0) is 26.0 Å². The van der Waals surface area contributed by atoms with Crippen LogP contribution in [0.3, 0.4) is 0 Å². The molecule has 0 aliphatic carbocycles. The number of anilines is 1. The first-order valence-electron chi connectivity index (χ1n) is 5.11. The first-order valence-corrected chi connectivity index (χ1v) is 5.11. The Bertz CT molecular complexity index is 561. The number of phenols is 1. The van der Waals surface area contributed by atoms with Gasteiger partial charge in [0, 0.05) is 11.3 Å². The molecule has 0 fully saturated rings. The van der Waals surface area contributed by atoms with Crippen LogP contribution in [0.2, 0.25) is 0 Å². The Morgan fingerprint density at radius 3 is 2.82 bits per heavy atom. The third-order valence-electron chi connectivity index (χ3n) is 2.55. The Balaban J connectivity index is 2.25. The fraction of sp³-hybridized carbons (Fsp3) is 0.167. The normalized spacial score (nSPS) is 10.2. The maximum absolute atomic E-state index is 11.9. The number of benzene rings is 1. The van der Waals surface area contributed by atoms with Gasteiger partial charge in [0.05, 0.1) is 6.20 Å². The molecule has 0 radical (unpaired) electrons. The van der Waals surface area contributed by atoms with Crippen LogP contribution in [0.15, 0.2) is 28.9 Å². The zero-order chi connectivity index (χ0) is 12.4. The molecule has 1 aromatic carbocycles. The van der Waals surface area contributed by atoms with Crippen LogP contribution in [0.5, 0.6) is 5.75 Å². The van der Waals surface area contributed by atoms with Gasteiger partial charge in [-0.1, -0.05) is 11.2 Å². The lowest BCUT2D eigenvalue weighted by Gasteiger charge is -2.08. The number of carbonyl (C=O) groups is 1. The number of aryl methyl sites for hydroxylation is 1. The molecule has 17 heavy (non-hydrogen) atoms. The Hall–Kier alpha value is -2.30. The van der Waals surface area contributed by atoms with Gasteiger partial charge >= 0.3 is 0 Å². The summed E-state index contributed by atoms with van der Waals surface area (Å²) in [5.74, 6) is 0.294. The van der Waals surface area contributed by atoms with Gasteiger partial charge in [-0.25, -0.2) is 0 Å². The summed E-state index contributed by atoms with van der Waals surface area (Å²) in [5, 5.41) is 15.8. The Morgan fingerprint density at radius 1 is 1.41 bits per heavy atom. The van der Waals surface area contributed by atoms with Gasteiger partial charge in [0.25, 0.3) is 5.91 Å².